The molecule has 0 saturated heterocycles. The van der Waals surface area contributed by atoms with Gasteiger partial charge in [-0.05, 0) is 35.0 Å². The SMILES string of the molecule is CCOc1ccc([C@H](CC(=O)O)n2cnnn2)cc1OC. The number of carboxylic acid groups (broad SMARTS) is 1. The molecule has 21 heavy (non-hydrogen) atoms. The summed E-state index contributed by atoms with van der Waals surface area (Å²) < 4.78 is 12.1. The second-order valence-electron chi connectivity index (χ2n) is 4.25. The van der Waals surface area contributed by atoms with Crippen molar-refractivity contribution < 1.29 is 19.4 Å². The summed E-state index contributed by atoms with van der Waals surface area (Å²) in [6, 6.07) is 4.75. The van der Waals surface area contributed by atoms with Crippen molar-refractivity contribution in [1.82, 2.24) is 20.2 Å². The predicted octanol–water partition coefficient (Wildman–Crippen LogP) is 1.14. The maximum atomic E-state index is 11.1. The first-order valence-electron chi connectivity index (χ1n) is 6.40. The number of hydrogen-bond acceptors (Lipinski definition) is 6. The first-order valence-corrected chi connectivity index (χ1v) is 6.40. The third-order valence-corrected chi connectivity index (χ3v) is 2.92. The van der Waals surface area contributed by atoms with Crippen LogP contribution in [0.2, 0.25) is 0 Å². The van der Waals surface area contributed by atoms with Crippen LogP contribution in [0.1, 0.15) is 24.9 Å². The average molecular weight is 292 g/mol. The quantitative estimate of drug-likeness (QED) is 0.816. The number of aromatic nitrogens is 4. The van der Waals surface area contributed by atoms with Gasteiger partial charge in [-0.3, -0.25) is 4.79 Å². The molecule has 0 bridgehead atoms. The number of hydrogen-bond donors (Lipinski definition) is 1. The van der Waals surface area contributed by atoms with E-state index in [-0.39, 0.29) is 6.42 Å². The number of methoxy groups -OCH3 is 1. The lowest BCUT2D eigenvalue weighted by molar-refractivity contribution is -0.137. The van der Waals surface area contributed by atoms with E-state index in [9.17, 15) is 4.79 Å². The molecule has 0 aliphatic heterocycles. The molecule has 1 N–H and O–H groups in total. The monoisotopic (exact) mass is 292 g/mol. The molecule has 112 valence electrons. The highest BCUT2D eigenvalue weighted by molar-refractivity contribution is 5.68. The van der Waals surface area contributed by atoms with Gasteiger partial charge in [0.25, 0.3) is 0 Å². The van der Waals surface area contributed by atoms with E-state index in [1.165, 1.54) is 18.1 Å². The Morgan fingerprint density at radius 1 is 1.43 bits per heavy atom. The van der Waals surface area contributed by atoms with Crippen LogP contribution in [0.4, 0.5) is 0 Å². The predicted molar refractivity (Wildman–Crippen MR) is 72.4 cm³/mol. The van der Waals surface area contributed by atoms with Crippen LogP contribution in [0, 0.1) is 0 Å². The fourth-order valence-corrected chi connectivity index (χ4v) is 2.01. The second-order valence-corrected chi connectivity index (χ2v) is 4.25. The molecule has 0 unspecified atom stereocenters. The summed E-state index contributed by atoms with van der Waals surface area (Å²) in [5.74, 6) is 0.204. The zero-order chi connectivity index (χ0) is 15.2. The van der Waals surface area contributed by atoms with Crippen molar-refractivity contribution in [2.75, 3.05) is 13.7 Å². The lowest BCUT2D eigenvalue weighted by Crippen LogP contribution is -2.16. The van der Waals surface area contributed by atoms with Crippen LogP contribution in [-0.4, -0.2) is 45.0 Å². The van der Waals surface area contributed by atoms with Crippen molar-refractivity contribution in [3.05, 3.63) is 30.1 Å². The first-order chi connectivity index (χ1) is 10.2. The highest BCUT2D eigenvalue weighted by Crippen LogP contribution is 2.32. The third kappa shape index (κ3) is 3.47. The van der Waals surface area contributed by atoms with Gasteiger partial charge in [-0.25, -0.2) is 4.68 Å². The molecule has 0 aliphatic carbocycles. The third-order valence-electron chi connectivity index (χ3n) is 2.92. The normalized spacial score (nSPS) is 11.9. The highest BCUT2D eigenvalue weighted by atomic mass is 16.5. The molecule has 1 heterocycles. The zero-order valence-electron chi connectivity index (χ0n) is 11.8. The highest BCUT2D eigenvalue weighted by Gasteiger charge is 2.20. The van der Waals surface area contributed by atoms with Crippen molar-refractivity contribution in [3.63, 3.8) is 0 Å². The van der Waals surface area contributed by atoms with Crippen LogP contribution in [0.15, 0.2) is 24.5 Å². The van der Waals surface area contributed by atoms with Crippen LogP contribution in [0.3, 0.4) is 0 Å². The van der Waals surface area contributed by atoms with E-state index in [0.717, 1.165) is 5.56 Å². The van der Waals surface area contributed by atoms with Crippen molar-refractivity contribution in [2.24, 2.45) is 0 Å². The van der Waals surface area contributed by atoms with Gasteiger partial charge in [0.1, 0.15) is 6.33 Å². The molecular weight excluding hydrogens is 276 g/mol. The Hall–Kier alpha value is -2.64. The van der Waals surface area contributed by atoms with E-state index < -0.39 is 12.0 Å². The fourth-order valence-electron chi connectivity index (χ4n) is 2.01. The summed E-state index contributed by atoms with van der Waals surface area (Å²) in [4.78, 5) is 11.1. The second kappa shape index (κ2) is 6.69. The zero-order valence-corrected chi connectivity index (χ0v) is 11.8. The lowest BCUT2D eigenvalue weighted by atomic mass is 10.0. The molecule has 0 spiro atoms. The molecule has 0 aliphatic rings. The fraction of sp³-hybridized carbons (Fsp3) is 0.385. The van der Waals surface area contributed by atoms with Gasteiger partial charge in [-0.1, -0.05) is 6.07 Å². The van der Waals surface area contributed by atoms with Crippen molar-refractivity contribution in [1.29, 1.82) is 0 Å². The standard InChI is InChI=1S/C13H16N4O4/c1-3-21-11-5-4-9(6-12(11)20-2)10(7-13(18)19)17-8-14-15-16-17/h4-6,8,10H,3,7H2,1-2H3,(H,18,19)/t10-/m0/s1. The first kappa shape index (κ1) is 14.8. The molecule has 0 amide bonds. The Bertz CT molecular complexity index is 600. The Morgan fingerprint density at radius 3 is 2.81 bits per heavy atom. The van der Waals surface area contributed by atoms with Gasteiger partial charge in [0.05, 0.1) is 26.2 Å². The van der Waals surface area contributed by atoms with E-state index in [1.54, 1.807) is 18.2 Å². The molecule has 8 nitrogen and oxygen atoms in total. The number of benzene rings is 1. The molecule has 0 saturated carbocycles. The number of carboxylic acids is 1. The van der Waals surface area contributed by atoms with E-state index in [1.807, 2.05) is 6.92 Å². The van der Waals surface area contributed by atoms with E-state index >= 15 is 0 Å². The smallest absolute Gasteiger partial charge is 0.305 e. The van der Waals surface area contributed by atoms with E-state index in [2.05, 4.69) is 15.5 Å². The van der Waals surface area contributed by atoms with Gasteiger partial charge in [-0.2, -0.15) is 0 Å². The van der Waals surface area contributed by atoms with Gasteiger partial charge >= 0.3 is 5.97 Å². The summed E-state index contributed by atoms with van der Waals surface area (Å²) in [6.07, 6.45) is 1.25. The Morgan fingerprint density at radius 2 is 2.24 bits per heavy atom. The van der Waals surface area contributed by atoms with Crippen LogP contribution < -0.4 is 9.47 Å². The molecule has 0 fully saturated rings. The molecule has 0 radical (unpaired) electrons. The molecule has 1 atom stereocenters. The van der Waals surface area contributed by atoms with Gasteiger partial charge in [0.2, 0.25) is 0 Å². The number of aliphatic carboxylic acids is 1. The topological polar surface area (TPSA) is 99.4 Å². The summed E-state index contributed by atoms with van der Waals surface area (Å²) >= 11 is 0. The Balaban J connectivity index is 2.38. The number of nitrogens with zero attached hydrogens (tertiary/aromatic N) is 4. The van der Waals surface area contributed by atoms with Crippen LogP contribution in [-0.2, 0) is 4.79 Å². The minimum Gasteiger partial charge on any atom is -0.493 e. The van der Waals surface area contributed by atoms with Crippen LogP contribution in [0.5, 0.6) is 11.5 Å². The number of rotatable bonds is 7. The largest absolute Gasteiger partial charge is 0.493 e. The lowest BCUT2D eigenvalue weighted by Gasteiger charge is -2.17. The van der Waals surface area contributed by atoms with Crippen molar-refractivity contribution in [2.45, 2.75) is 19.4 Å². The molecular formula is C13H16N4O4. The average Bonchev–Trinajstić information content (AvgIpc) is 2.99. The summed E-state index contributed by atoms with van der Waals surface area (Å²) in [5, 5.41) is 19.9. The molecule has 1 aromatic carbocycles. The number of ether oxygens (including phenoxy) is 2. The number of tetrazole rings is 1. The van der Waals surface area contributed by atoms with Crippen LogP contribution >= 0.6 is 0 Å². The van der Waals surface area contributed by atoms with Crippen molar-refractivity contribution >= 4 is 5.97 Å². The van der Waals surface area contributed by atoms with Crippen LogP contribution in [0.25, 0.3) is 0 Å². The maximum Gasteiger partial charge on any atom is 0.305 e. The Labute approximate surface area is 121 Å². The Kier molecular flexibility index (Phi) is 4.70. The van der Waals surface area contributed by atoms with Gasteiger partial charge < -0.3 is 14.6 Å². The molecule has 2 rings (SSSR count). The summed E-state index contributed by atoms with van der Waals surface area (Å²) in [5.41, 5.74) is 0.727. The van der Waals surface area contributed by atoms with E-state index in [4.69, 9.17) is 14.6 Å². The molecule has 8 heteroatoms. The van der Waals surface area contributed by atoms with Crippen molar-refractivity contribution in [3.8, 4) is 11.5 Å². The maximum absolute atomic E-state index is 11.1. The molecule has 1 aromatic heterocycles. The van der Waals surface area contributed by atoms with Gasteiger partial charge in [0, 0.05) is 0 Å². The summed E-state index contributed by atoms with van der Waals surface area (Å²) in [6.45, 7) is 2.39. The van der Waals surface area contributed by atoms with Gasteiger partial charge in [-0.15, -0.1) is 5.10 Å². The van der Waals surface area contributed by atoms with Gasteiger partial charge in [0.15, 0.2) is 11.5 Å². The minimum absolute atomic E-state index is 0.137. The summed E-state index contributed by atoms with van der Waals surface area (Å²) in [7, 11) is 1.53. The number of carbonyl (C=O) groups is 1. The minimum atomic E-state index is -0.941. The van der Waals surface area contributed by atoms with E-state index in [0.29, 0.717) is 18.1 Å². The molecule has 2 aromatic rings.